The molecule has 1 saturated carbocycles. The third-order valence-electron chi connectivity index (χ3n) is 3.27. The first-order valence-corrected chi connectivity index (χ1v) is 6.99. The Hall–Kier alpha value is -0.0800. The van der Waals surface area contributed by atoms with Gasteiger partial charge in [0.15, 0.2) is 0 Å². The van der Waals surface area contributed by atoms with Crippen LogP contribution in [0.25, 0.3) is 0 Å². The minimum atomic E-state index is 0.617. The molecule has 2 heteroatoms. The van der Waals surface area contributed by atoms with Gasteiger partial charge in [-0.25, -0.2) is 0 Å². The monoisotopic (exact) mass is 226 g/mol. The smallest absolute Gasteiger partial charge is 0.00993 e. The van der Waals surface area contributed by atoms with E-state index >= 15 is 0 Å². The average molecular weight is 226 g/mol. The lowest BCUT2D eigenvalue weighted by Gasteiger charge is -2.31. The second-order valence-corrected chi connectivity index (χ2v) is 6.07. The Morgan fingerprint density at radius 2 is 1.75 bits per heavy atom. The molecule has 1 aliphatic carbocycles. The van der Waals surface area contributed by atoms with Crippen LogP contribution in [-0.4, -0.2) is 36.1 Å². The molecule has 16 heavy (non-hydrogen) atoms. The lowest BCUT2D eigenvalue weighted by Crippen LogP contribution is -2.40. The predicted molar refractivity (Wildman–Crippen MR) is 71.8 cm³/mol. The molecule has 2 nitrogen and oxygen atoms in total. The zero-order chi connectivity index (χ0) is 12.1. The molecule has 1 unspecified atom stereocenters. The van der Waals surface area contributed by atoms with Gasteiger partial charge >= 0.3 is 0 Å². The van der Waals surface area contributed by atoms with E-state index < -0.39 is 0 Å². The Bertz CT molecular complexity index is 185. The zero-order valence-electron chi connectivity index (χ0n) is 11.8. The summed E-state index contributed by atoms with van der Waals surface area (Å²) < 4.78 is 0. The fraction of sp³-hybridized carbons (Fsp3) is 1.00. The first-order chi connectivity index (χ1) is 7.50. The Labute approximate surface area is 102 Å². The van der Waals surface area contributed by atoms with Gasteiger partial charge in [-0.3, -0.25) is 4.90 Å². The van der Waals surface area contributed by atoms with Crippen molar-refractivity contribution in [1.29, 1.82) is 0 Å². The molecule has 0 aromatic rings. The minimum absolute atomic E-state index is 0.617. The van der Waals surface area contributed by atoms with Crippen LogP contribution >= 0.6 is 0 Å². The zero-order valence-corrected chi connectivity index (χ0v) is 11.8. The third kappa shape index (κ3) is 5.31. The van der Waals surface area contributed by atoms with E-state index in [4.69, 9.17) is 0 Å². The highest BCUT2D eigenvalue weighted by molar-refractivity contribution is 4.88. The summed E-state index contributed by atoms with van der Waals surface area (Å²) in [4.78, 5) is 2.73. The van der Waals surface area contributed by atoms with E-state index in [9.17, 15) is 0 Å². The van der Waals surface area contributed by atoms with Crippen LogP contribution in [0.4, 0.5) is 0 Å². The Morgan fingerprint density at radius 3 is 2.19 bits per heavy atom. The fourth-order valence-electron chi connectivity index (χ4n) is 2.26. The summed E-state index contributed by atoms with van der Waals surface area (Å²) in [6.07, 6.45) is 4.13. The molecule has 1 rings (SSSR count). The van der Waals surface area contributed by atoms with Gasteiger partial charge in [-0.05, 0) is 38.6 Å². The van der Waals surface area contributed by atoms with Crippen molar-refractivity contribution >= 4 is 0 Å². The van der Waals surface area contributed by atoms with Gasteiger partial charge in [0.25, 0.3) is 0 Å². The van der Waals surface area contributed by atoms with Crippen LogP contribution in [0.15, 0.2) is 0 Å². The van der Waals surface area contributed by atoms with Gasteiger partial charge in [-0.1, -0.05) is 27.7 Å². The molecule has 96 valence electrons. The summed E-state index contributed by atoms with van der Waals surface area (Å²) in [5, 5.41) is 3.52. The summed E-state index contributed by atoms with van der Waals surface area (Å²) in [5.41, 5.74) is 0. The molecule has 0 amide bonds. The van der Waals surface area contributed by atoms with Crippen molar-refractivity contribution in [2.75, 3.05) is 13.1 Å². The molecule has 0 saturated heterocycles. The summed E-state index contributed by atoms with van der Waals surface area (Å²) in [5.74, 6) is 0.793. The van der Waals surface area contributed by atoms with E-state index in [0.29, 0.717) is 6.04 Å². The van der Waals surface area contributed by atoms with Crippen LogP contribution < -0.4 is 5.32 Å². The maximum absolute atomic E-state index is 3.52. The van der Waals surface area contributed by atoms with Gasteiger partial charge in [0.1, 0.15) is 0 Å². The molecule has 0 aromatic carbocycles. The van der Waals surface area contributed by atoms with Gasteiger partial charge < -0.3 is 5.32 Å². The molecule has 0 bridgehead atoms. The highest BCUT2D eigenvalue weighted by Crippen LogP contribution is 2.30. The van der Waals surface area contributed by atoms with Crippen molar-refractivity contribution < 1.29 is 0 Å². The molecular weight excluding hydrogens is 196 g/mol. The highest BCUT2D eigenvalue weighted by Gasteiger charge is 2.31. The van der Waals surface area contributed by atoms with Crippen molar-refractivity contribution in [1.82, 2.24) is 10.2 Å². The normalized spacial score (nSPS) is 18.8. The van der Waals surface area contributed by atoms with Gasteiger partial charge in [-0.15, -0.1) is 0 Å². The highest BCUT2D eigenvalue weighted by atomic mass is 15.2. The first kappa shape index (κ1) is 14.0. The predicted octanol–water partition coefficient (Wildman–Crippen LogP) is 2.88. The van der Waals surface area contributed by atoms with E-state index in [0.717, 1.165) is 24.5 Å². The molecule has 0 aromatic heterocycles. The fourth-order valence-corrected chi connectivity index (χ4v) is 2.26. The Kier molecular flexibility index (Phi) is 5.77. The molecule has 0 spiro atoms. The van der Waals surface area contributed by atoms with Gasteiger partial charge in [0, 0.05) is 24.7 Å². The van der Waals surface area contributed by atoms with E-state index in [-0.39, 0.29) is 0 Å². The number of nitrogens with zero attached hydrogens (tertiary/aromatic N) is 1. The SMILES string of the molecule is CC(C)CN(C(C)CCNC(C)C)C1CC1. The molecule has 1 aliphatic rings. The maximum atomic E-state index is 3.52. The van der Waals surface area contributed by atoms with E-state index in [1.807, 2.05) is 0 Å². The summed E-state index contributed by atoms with van der Waals surface area (Å²) in [6, 6.07) is 2.25. The molecule has 1 N–H and O–H groups in total. The van der Waals surface area contributed by atoms with Gasteiger partial charge in [-0.2, -0.15) is 0 Å². The van der Waals surface area contributed by atoms with Crippen LogP contribution in [0.5, 0.6) is 0 Å². The van der Waals surface area contributed by atoms with Crippen LogP contribution in [0.2, 0.25) is 0 Å². The average Bonchev–Trinajstić information content (AvgIpc) is 2.96. The number of hydrogen-bond donors (Lipinski definition) is 1. The summed E-state index contributed by atoms with van der Waals surface area (Å²) >= 11 is 0. The van der Waals surface area contributed by atoms with Crippen molar-refractivity contribution in [3.63, 3.8) is 0 Å². The standard InChI is InChI=1S/C14H30N2/c1-11(2)10-16(14-6-7-14)13(5)8-9-15-12(3)4/h11-15H,6-10H2,1-5H3. The molecular formula is C14H30N2. The first-order valence-electron chi connectivity index (χ1n) is 6.99. The van der Waals surface area contributed by atoms with Crippen LogP contribution in [0.1, 0.15) is 53.9 Å². The molecule has 1 fully saturated rings. The number of rotatable bonds is 8. The Balaban J connectivity index is 2.26. The second-order valence-electron chi connectivity index (χ2n) is 6.07. The lowest BCUT2D eigenvalue weighted by atomic mass is 10.1. The lowest BCUT2D eigenvalue weighted by molar-refractivity contribution is 0.167. The molecule has 0 aliphatic heterocycles. The Morgan fingerprint density at radius 1 is 1.12 bits per heavy atom. The van der Waals surface area contributed by atoms with Crippen molar-refractivity contribution in [2.45, 2.75) is 72.0 Å². The van der Waals surface area contributed by atoms with Crippen molar-refractivity contribution in [3.05, 3.63) is 0 Å². The van der Waals surface area contributed by atoms with E-state index in [2.05, 4.69) is 44.8 Å². The summed E-state index contributed by atoms with van der Waals surface area (Å²) in [6.45, 7) is 13.9. The van der Waals surface area contributed by atoms with E-state index in [1.54, 1.807) is 0 Å². The largest absolute Gasteiger partial charge is 0.314 e. The van der Waals surface area contributed by atoms with Gasteiger partial charge in [0.05, 0.1) is 0 Å². The van der Waals surface area contributed by atoms with Crippen molar-refractivity contribution in [2.24, 2.45) is 5.92 Å². The van der Waals surface area contributed by atoms with Crippen molar-refractivity contribution in [3.8, 4) is 0 Å². The van der Waals surface area contributed by atoms with E-state index in [1.165, 1.54) is 25.8 Å². The molecule has 0 radical (unpaired) electrons. The van der Waals surface area contributed by atoms with Crippen LogP contribution in [0.3, 0.4) is 0 Å². The maximum Gasteiger partial charge on any atom is 0.00993 e. The third-order valence-corrected chi connectivity index (χ3v) is 3.27. The number of hydrogen-bond acceptors (Lipinski definition) is 2. The summed E-state index contributed by atoms with van der Waals surface area (Å²) in [7, 11) is 0. The molecule has 1 atom stereocenters. The second kappa shape index (κ2) is 6.61. The van der Waals surface area contributed by atoms with Crippen LogP contribution in [0, 0.1) is 5.92 Å². The topological polar surface area (TPSA) is 15.3 Å². The minimum Gasteiger partial charge on any atom is -0.314 e. The number of nitrogens with one attached hydrogen (secondary N) is 1. The molecule has 0 heterocycles. The van der Waals surface area contributed by atoms with Crippen LogP contribution in [-0.2, 0) is 0 Å². The quantitative estimate of drug-likeness (QED) is 0.684. The van der Waals surface area contributed by atoms with Gasteiger partial charge in [0.2, 0.25) is 0 Å².